The number of unbranched alkanes of at least 4 members (excludes halogenated alkanes) is 1. The quantitative estimate of drug-likeness (QED) is 0.515. The molecule has 1 radical (unpaired) electrons. The van der Waals surface area contributed by atoms with E-state index >= 15 is 0 Å². The van der Waals surface area contributed by atoms with Gasteiger partial charge in [-0.2, -0.15) is 0 Å². The van der Waals surface area contributed by atoms with Crippen LogP contribution in [-0.4, -0.2) is 6.61 Å². The van der Waals surface area contributed by atoms with Crippen molar-refractivity contribution in [3.05, 3.63) is 6.61 Å². The van der Waals surface area contributed by atoms with Crippen molar-refractivity contribution in [2.75, 3.05) is 6.61 Å². The zero-order valence-corrected chi connectivity index (χ0v) is 8.10. The van der Waals surface area contributed by atoms with Crippen LogP contribution in [0.4, 0.5) is 0 Å². The van der Waals surface area contributed by atoms with Gasteiger partial charge in [0.1, 0.15) is 0 Å². The second-order valence-electron chi connectivity index (χ2n) is 3.36. The van der Waals surface area contributed by atoms with Crippen molar-refractivity contribution in [1.29, 1.82) is 0 Å². The van der Waals surface area contributed by atoms with E-state index in [4.69, 9.17) is 4.74 Å². The van der Waals surface area contributed by atoms with E-state index in [2.05, 4.69) is 20.8 Å². The Kier molecular flexibility index (Phi) is 8.03. The molecule has 0 saturated carbocycles. The van der Waals surface area contributed by atoms with Crippen LogP contribution >= 0.6 is 0 Å². The smallest absolute Gasteiger partial charge is 0.0836 e. The van der Waals surface area contributed by atoms with Gasteiger partial charge in [0.05, 0.1) is 6.61 Å². The molecule has 0 aromatic heterocycles. The van der Waals surface area contributed by atoms with Gasteiger partial charge < -0.3 is 4.74 Å². The summed E-state index contributed by atoms with van der Waals surface area (Å²) >= 11 is 0. The van der Waals surface area contributed by atoms with E-state index in [9.17, 15) is 0 Å². The topological polar surface area (TPSA) is 9.23 Å². The summed E-state index contributed by atoms with van der Waals surface area (Å²) in [6, 6.07) is 0. The first-order valence-electron chi connectivity index (χ1n) is 4.70. The van der Waals surface area contributed by atoms with Gasteiger partial charge in [0.25, 0.3) is 0 Å². The summed E-state index contributed by atoms with van der Waals surface area (Å²) in [4.78, 5) is 0. The molecule has 0 aliphatic heterocycles. The Morgan fingerprint density at radius 3 is 2.64 bits per heavy atom. The van der Waals surface area contributed by atoms with Gasteiger partial charge in [-0.3, -0.25) is 0 Å². The lowest BCUT2D eigenvalue weighted by Gasteiger charge is -2.04. The van der Waals surface area contributed by atoms with Crippen molar-refractivity contribution in [2.45, 2.75) is 46.5 Å². The van der Waals surface area contributed by atoms with Gasteiger partial charge in [-0.1, -0.05) is 27.2 Å². The first-order valence-corrected chi connectivity index (χ1v) is 4.70. The van der Waals surface area contributed by atoms with Crippen molar-refractivity contribution in [3.63, 3.8) is 0 Å². The third-order valence-electron chi connectivity index (χ3n) is 1.57. The van der Waals surface area contributed by atoms with Crippen LogP contribution in [0.2, 0.25) is 0 Å². The first kappa shape index (κ1) is 11.0. The van der Waals surface area contributed by atoms with Crippen LogP contribution in [0.5, 0.6) is 0 Å². The van der Waals surface area contributed by atoms with Crippen LogP contribution in [0.1, 0.15) is 46.5 Å². The molecule has 11 heavy (non-hydrogen) atoms. The molecule has 0 N–H and O–H groups in total. The largest absolute Gasteiger partial charge is 0.376 e. The minimum absolute atomic E-state index is 0.810. The van der Waals surface area contributed by atoms with Crippen LogP contribution in [0, 0.1) is 12.5 Å². The number of ether oxygens (including phenoxy) is 1. The average molecular weight is 157 g/mol. The van der Waals surface area contributed by atoms with Crippen LogP contribution in [-0.2, 0) is 4.74 Å². The molecule has 0 spiro atoms. The minimum atomic E-state index is 0.810. The second-order valence-corrected chi connectivity index (χ2v) is 3.36. The molecule has 1 heteroatoms. The molecule has 67 valence electrons. The van der Waals surface area contributed by atoms with Crippen LogP contribution in [0.15, 0.2) is 0 Å². The Morgan fingerprint density at radius 2 is 2.09 bits per heavy atom. The summed E-state index contributed by atoms with van der Waals surface area (Å²) in [5, 5.41) is 0. The number of hydrogen-bond donors (Lipinski definition) is 0. The highest BCUT2D eigenvalue weighted by Crippen LogP contribution is 2.04. The molecule has 0 aromatic rings. The fourth-order valence-electron chi connectivity index (χ4n) is 0.859. The molecule has 0 fully saturated rings. The molecular formula is C10H21O. The van der Waals surface area contributed by atoms with E-state index in [0.29, 0.717) is 0 Å². The highest BCUT2D eigenvalue weighted by atomic mass is 16.5. The summed E-state index contributed by atoms with van der Waals surface area (Å²) in [5.74, 6) is 0.810. The number of rotatable bonds is 7. The van der Waals surface area contributed by atoms with E-state index in [-0.39, 0.29) is 0 Å². The lowest BCUT2D eigenvalue weighted by molar-refractivity contribution is 0.182. The van der Waals surface area contributed by atoms with Gasteiger partial charge in [-0.05, 0) is 25.2 Å². The monoisotopic (exact) mass is 157 g/mol. The molecule has 0 rings (SSSR count). The lowest BCUT2D eigenvalue weighted by atomic mass is 10.1. The van der Waals surface area contributed by atoms with Gasteiger partial charge in [0, 0.05) is 6.61 Å². The van der Waals surface area contributed by atoms with Crippen molar-refractivity contribution in [3.8, 4) is 0 Å². The molecule has 0 aliphatic rings. The van der Waals surface area contributed by atoms with Crippen LogP contribution in [0.3, 0.4) is 0 Å². The van der Waals surface area contributed by atoms with Crippen molar-refractivity contribution in [2.24, 2.45) is 5.92 Å². The molecule has 0 unspecified atom stereocenters. The average Bonchev–Trinajstić information content (AvgIpc) is 1.96. The summed E-state index contributed by atoms with van der Waals surface area (Å²) in [7, 11) is 0. The van der Waals surface area contributed by atoms with E-state index in [1.165, 1.54) is 19.3 Å². The van der Waals surface area contributed by atoms with E-state index < -0.39 is 0 Å². The predicted molar refractivity (Wildman–Crippen MR) is 49.2 cm³/mol. The van der Waals surface area contributed by atoms with Gasteiger partial charge in [0.2, 0.25) is 0 Å². The minimum Gasteiger partial charge on any atom is -0.376 e. The molecule has 0 aliphatic carbocycles. The van der Waals surface area contributed by atoms with Gasteiger partial charge >= 0.3 is 0 Å². The van der Waals surface area contributed by atoms with E-state index in [0.717, 1.165) is 18.9 Å². The Balaban J connectivity index is 2.80. The first-order chi connectivity index (χ1) is 5.27. The molecule has 1 nitrogen and oxygen atoms in total. The predicted octanol–water partition coefficient (Wildman–Crippen LogP) is 3.40. The van der Waals surface area contributed by atoms with Gasteiger partial charge in [-0.25, -0.2) is 0 Å². The van der Waals surface area contributed by atoms with Gasteiger partial charge in [-0.15, -0.1) is 0 Å². The molecule has 0 heterocycles. The third kappa shape index (κ3) is 9.96. The Labute approximate surface area is 71.1 Å². The third-order valence-corrected chi connectivity index (χ3v) is 1.57. The SMILES string of the molecule is CCC[CH]OCCCC(C)C. The van der Waals surface area contributed by atoms with Crippen LogP contribution in [0.25, 0.3) is 0 Å². The summed E-state index contributed by atoms with van der Waals surface area (Å²) < 4.78 is 5.30. The summed E-state index contributed by atoms with van der Waals surface area (Å²) in [6.45, 7) is 9.48. The zero-order chi connectivity index (χ0) is 8.53. The number of hydrogen-bond acceptors (Lipinski definition) is 1. The Bertz CT molecular complexity index is 69.3. The standard InChI is InChI=1S/C10H21O/c1-4-5-8-11-9-6-7-10(2)3/h8,10H,4-7,9H2,1-3H3. The van der Waals surface area contributed by atoms with Crippen LogP contribution < -0.4 is 0 Å². The molecule has 0 aromatic carbocycles. The summed E-state index contributed by atoms with van der Waals surface area (Å²) in [5.41, 5.74) is 0. The highest BCUT2D eigenvalue weighted by molar-refractivity contribution is 4.50. The highest BCUT2D eigenvalue weighted by Gasteiger charge is 1.93. The molecule has 0 bridgehead atoms. The second kappa shape index (κ2) is 8.06. The van der Waals surface area contributed by atoms with E-state index in [1.807, 2.05) is 6.61 Å². The zero-order valence-electron chi connectivity index (χ0n) is 8.10. The maximum Gasteiger partial charge on any atom is 0.0836 e. The maximum atomic E-state index is 5.30. The normalized spacial score (nSPS) is 10.9. The maximum absolute atomic E-state index is 5.30. The lowest BCUT2D eigenvalue weighted by Crippen LogP contribution is -1.94. The van der Waals surface area contributed by atoms with Crippen molar-refractivity contribution in [1.82, 2.24) is 0 Å². The molecule has 0 atom stereocenters. The fraction of sp³-hybridized carbons (Fsp3) is 0.900. The molecule has 0 saturated heterocycles. The van der Waals surface area contributed by atoms with Crippen molar-refractivity contribution >= 4 is 0 Å². The van der Waals surface area contributed by atoms with E-state index in [1.54, 1.807) is 0 Å². The Hall–Kier alpha value is -0.0400. The van der Waals surface area contributed by atoms with Gasteiger partial charge in [0.15, 0.2) is 0 Å². The summed E-state index contributed by atoms with van der Waals surface area (Å²) in [6.07, 6.45) is 4.74. The molecule has 0 amide bonds. The molecular weight excluding hydrogens is 136 g/mol. The fourth-order valence-corrected chi connectivity index (χ4v) is 0.859. The van der Waals surface area contributed by atoms with Crippen molar-refractivity contribution < 1.29 is 4.74 Å². The Morgan fingerprint density at radius 1 is 1.36 bits per heavy atom.